The molecule has 258 valence electrons. The first kappa shape index (κ1) is 37.3. The van der Waals surface area contributed by atoms with E-state index in [1.165, 1.54) is 0 Å². The zero-order valence-corrected chi connectivity index (χ0v) is 22.5. The molecule has 0 aliphatic rings. The van der Waals surface area contributed by atoms with Gasteiger partial charge in [-0.2, -0.15) is 79.0 Å². The van der Waals surface area contributed by atoms with Crippen molar-refractivity contribution in [3.8, 4) is 0 Å². The van der Waals surface area contributed by atoms with Crippen molar-refractivity contribution in [1.29, 1.82) is 0 Å². The van der Waals surface area contributed by atoms with Gasteiger partial charge in [0, 0.05) is 21.5 Å². The van der Waals surface area contributed by atoms with Crippen LogP contribution in [0.4, 0.5) is 79.0 Å². The van der Waals surface area contributed by atoms with E-state index in [1.807, 2.05) is 0 Å². The summed E-state index contributed by atoms with van der Waals surface area (Å²) >= 11 is 0. The molecule has 24 heteroatoms. The maximum atomic E-state index is 14.8. The summed E-state index contributed by atoms with van der Waals surface area (Å²) in [6.45, 7) is 0. The van der Waals surface area contributed by atoms with Gasteiger partial charge in [0.1, 0.15) is 0 Å². The Bertz CT molecular complexity index is 1720. The van der Waals surface area contributed by atoms with Crippen LogP contribution >= 0.6 is 0 Å². The third-order valence-electron chi connectivity index (χ3n) is 6.28. The van der Waals surface area contributed by atoms with Gasteiger partial charge in [0.25, 0.3) is 19.7 Å². The van der Waals surface area contributed by atoms with Gasteiger partial charge >= 0.3 is 46.6 Å². The van der Waals surface area contributed by atoms with Gasteiger partial charge in [-0.05, 0) is 0 Å². The molecule has 0 aromatic heterocycles. The van der Waals surface area contributed by atoms with Gasteiger partial charge in [-0.3, -0.25) is 0 Å². The molecule has 0 amide bonds. The quantitative estimate of drug-likeness (QED) is 0.172. The van der Waals surface area contributed by atoms with Crippen LogP contribution < -0.4 is 0 Å². The molecule has 0 atom stereocenters. The molecule has 0 unspecified atom stereocenters. The van der Waals surface area contributed by atoms with E-state index in [-0.39, 0.29) is 24.3 Å². The van der Waals surface area contributed by atoms with E-state index < -0.39 is 97.6 Å². The fourth-order valence-electron chi connectivity index (χ4n) is 3.94. The number of fused-ring (bicyclic) bond motifs is 2. The van der Waals surface area contributed by atoms with Crippen LogP contribution in [0.1, 0.15) is 0 Å². The Kier molecular flexibility index (Phi) is 8.23. The highest BCUT2D eigenvalue weighted by Crippen LogP contribution is 2.59. The molecule has 4 nitrogen and oxygen atoms in total. The van der Waals surface area contributed by atoms with Crippen molar-refractivity contribution in [3.63, 3.8) is 0 Å². The van der Waals surface area contributed by atoms with Crippen molar-refractivity contribution in [1.82, 2.24) is 0 Å². The lowest BCUT2D eigenvalue weighted by Crippen LogP contribution is -2.63. The van der Waals surface area contributed by atoms with Crippen molar-refractivity contribution in [2.24, 2.45) is 0 Å². The molecule has 3 aromatic rings. The highest BCUT2D eigenvalue weighted by molar-refractivity contribution is 7.93. The normalized spacial score (nSPS) is 15.5. The van der Waals surface area contributed by atoms with Crippen molar-refractivity contribution in [3.05, 3.63) is 48.5 Å². The first-order chi connectivity index (χ1) is 20.2. The van der Waals surface area contributed by atoms with Crippen LogP contribution in [0.5, 0.6) is 0 Å². The maximum Gasteiger partial charge on any atom is 0.460 e. The summed E-state index contributed by atoms with van der Waals surface area (Å²) < 4.78 is 297. The van der Waals surface area contributed by atoms with Crippen molar-refractivity contribution in [2.45, 2.75) is 56.3 Å². The summed E-state index contributed by atoms with van der Waals surface area (Å²) in [5.41, 5.74) is 0. The first-order valence-electron chi connectivity index (χ1n) is 11.0. The van der Waals surface area contributed by atoms with Crippen LogP contribution in [0.15, 0.2) is 58.3 Å². The molecule has 0 bridgehead atoms. The Balaban J connectivity index is 2.57. The van der Waals surface area contributed by atoms with Gasteiger partial charge in [0.05, 0.1) is 9.79 Å². The number of halogens is 18. The SMILES string of the molecule is O=S(=O)(c1c2ccccc2c(S(=O)(=O)C(F)(F)C(F)(F)C(F)(F)C(F)(F)F)c2ccccc12)C(F)(F)C(F)(F)C(F)(F)C(F)(F)F. The van der Waals surface area contributed by atoms with E-state index in [9.17, 15) is 95.9 Å². The molecular weight excluding hydrogens is 734 g/mol. The van der Waals surface area contributed by atoms with E-state index in [1.54, 1.807) is 0 Å². The molecule has 0 spiro atoms. The van der Waals surface area contributed by atoms with Gasteiger partial charge in [-0.1, -0.05) is 48.5 Å². The van der Waals surface area contributed by atoms with Crippen LogP contribution in [0.3, 0.4) is 0 Å². The lowest BCUT2D eigenvalue weighted by atomic mass is 10.0. The molecule has 0 saturated carbocycles. The summed E-state index contributed by atoms with van der Waals surface area (Å²) in [7, 11) is -15.4. The van der Waals surface area contributed by atoms with Crippen LogP contribution in [0, 0.1) is 0 Å². The average molecular weight is 742 g/mol. The summed E-state index contributed by atoms with van der Waals surface area (Å²) in [4.78, 5) is -4.98. The fourth-order valence-corrected chi connectivity index (χ4v) is 7.26. The minimum absolute atomic E-state index is 0.0321. The minimum atomic E-state index is -7.89. The highest BCUT2D eigenvalue weighted by Gasteiger charge is 2.86. The molecule has 0 saturated heterocycles. The number of sulfone groups is 2. The molecular formula is C22H8F18O4S2. The average Bonchev–Trinajstić information content (AvgIpc) is 2.89. The van der Waals surface area contributed by atoms with Crippen LogP contribution in [0.25, 0.3) is 21.5 Å². The van der Waals surface area contributed by atoms with Crippen molar-refractivity contribution < 1.29 is 95.9 Å². The monoisotopic (exact) mass is 742 g/mol. The first-order valence-corrected chi connectivity index (χ1v) is 14.0. The standard InChI is InChI=1S/C22H8F18O4S2/c23-15(24,19(31,32)33)17(27,28)21(37,38)45(41,42)13-9-5-1-2-6-10(9)14(12-8-4-3-7-11(12)13)46(43,44)22(39,40)18(29,30)16(25,26)20(34,35)36/h1-8H. The van der Waals surface area contributed by atoms with E-state index >= 15 is 0 Å². The lowest BCUT2D eigenvalue weighted by molar-refractivity contribution is -0.382. The van der Waals surface area contributed by atoms with Gasteiger partial charge < -0.3 is 0 Å². The minimum Gasteiger partial charge on any atom is -0.217 e. The molecule has 0 heterocycles. The molecule has 3 aromatic carbocycles. The molecule has 46 heavy (non-hydrogen) atoms. The fraction of sp³-hybridized carbons (Fsp3) is 0.364. The second kappa shape index (κ2) is 10.2. The van der Waals surface area contributed by atoms with Gasteiger partial charge in [0.2, 0.25) is 0 Å². The summed E-state index contributed by atoms with van der Waals surface area (Å²) in [6, 6.07) is 1.90. The number of hydrogen-bond donors (Lipinski definition) is 0. The molecule has 0 N–H and O–H groups in total. The van der Waals surface area contributed by atoms with E-state index in [4.69, 9.17) is 0 Å². The van der Waals surface area contributed by atoms with Crippen molar-refractivity contribution in [2.75, 3.05) is 0 Å². The summed E-state index contributed by atoms with van der Waals surface area (Å²) in [5.74, 6) is -31.4. The predicted octanol–water partition coefficient (Wildman–Crippen LogP) is 8.39. The zero-order valence-electron chi connectivity index (χ0n) is 20.9. The molecule has 3 rings (SSSR count). The third-order valence-corrected chi connectivity index (χ3v) is 10.1. The van der Waals surface area contributed by atoms with Gasteiger partial charge in [-0.25, -0.2) is 16.8 Å². The Hall–Kier alpha value is -3.18. The largest absolute Gasteiger partial charge is 0.460 e. The maximum absolute atomic E-state index is 14.8. The topological polar surface area (TPSA) is 68.3 Å². The lowest BCUT2D eigenvalue weighted by Gasteiger charge is -2.34. The van der Waals surface area contributed by atoms with E-state index in [2.05, 4.69) is 0 Å². The second-order valence-corrected chi connectivity index (χ2v) is 12.9. The molecule has 0 aliphatic carbocycles. The molecule has 0 radical (unpaired) electrons. The van der Waals surface area contributed by atoms with E-state index in [0.29, 0.717) is 24.3 Å². The summed E-state index contributed by atoms with van der Waals surface area (Å²) in [5, 5.41) is -22.6. The Morgan fingerprint density at radius 2 is 0.543 bits per heavy atom. The Morgan fingerprint density at radius 1 is 0.348 bits per heavy atom. The summed E-state index contributed by atoms with van der Waals surface area (Å²) in [6.07, 6.45) is -15.1. The number of benzene rings is 3. The number of hydrogen-bond acceptors (Lipinski definition) is 4. The predicted molar refractivity (Wildman–Crippen MR) is 118 cm³/mol. The van der Waals surface area contributed by atoms with Gasteiger partial charge in [-0.15, -0.1) is 0 Å². The van der Waals surface area contributed by atoms with Crippen LogP contribution in [-0.2, 0) is 19.7 Å². The van der Waals surface area contributed by atoms with E-state index in [0.717, 1.165) is 0 Å². The smallest absolute Gasteiger partial charge is 0.217 e. The number of rotatable bonds is 8. The second-order valence-electron chi connectivity index (χ2n) is 9.08. The molecule has 0 aliphatic heterocycles. The number of alkyl halides is 18. The zero-order chi connectivity index (χ0) is 36.1. The van der Waals surface area contributed by atoms with Crippen LogP contribution in [-0.4, -0.2) is 63.4 Å². The Morgan fingerprint density at radius 3 is 0.717 bits per heavy atom. The Labute approximate surface area is 242 Å². The van der Waals surface area contributed by atoms with Gasteiger partial charge in [0.15, 0.2) is 0 Å². The molecule has 0 fully saturated rings. The highest BCUT2D eigenvalue weighted by atomic mass is 32.2. The third kappa shape index (κ3) is 4.58. The van der Waals surface area contributed by atoms with Crippen LogP contribution in [0.2, 0.25) is 0 Å². The van der Waals surface area contributed by atoms with Crippen molar-refractivity contribution >= 4 is 41.2 Å².